The molecular formula is C47H46Cl2N6O3. The Morgan fingerprint density at radius 1 is 0.828 bits per heavy atom. The van der Waals surface area contributed by atoms with Crippen LogP contribution in [0.4, 0.5) is 0 Å². The number of aromatic nitrogens is 4. The third-order valence-corrected chi connectivity index (χ3v) is 12.2. The highest BCUT2D eigenvalue weighted by molar-refractivity contribution is 6.42. The number of carbonyl (C=O) groups excluding carboxylic acids is 2. The molecule has 296 valence electrons. The largest absolute Gasteiger partial charge is 0.486 e. The topological polar surface area (TPSA) is 94.3 Å². The van der Waals surface area contributed by atoms with Gasteiger partial charge in [0.15, 0.2) is 0 Å². The van der Waals surface area contributed by atoms with E-state index in [0.717, 1.165) is 115 Å². The van der Waals surface area contributed by atoms with Crippen molar-refractivity contribution in [3.8, 4) is 28.3 Å². The average Bonchev–Trinajstić information content (AvgIpc) is 3.52. The summed E-state index contributed by atoms with van der Waals surface area (Å²) in [5.41, 5.74) is 8.31. The normalized spacial score (nSPS) is 14.9. The summed E-state index contributed by atoms with van der Waals surface area (Å²) in [7, 11) is 0. The van der Waals surface area contributed by atoms with Crippen LogP contribution >= 0.6 is 23.2 Å². The van der Waals surface area contributed by atoms with Gasteiger partial charge in [0.25, 0.3) is 5.91 Å². The first-order chi connectivity index (χ1) is 28.2. The van der Waals surface area contributed by atoms with Gasteiger partial charge in [0, 0.05) is 80.2 Å². The van der Waals surface area contributed by atoms with Gasteiger partial charge in [-0.2, -0.15) is 0 Å². The molecule has 2 aliphatic heterocycles. The lowest BCUT2D eigenvalue weighted by atomic mass is 9.97. The fraction of sp³-hybridized carbons (Fsp3) is 0.319. The minimum absolute atomic E-state index is 0.00449. The summed E-state index contributed by atoms with van der Waals surface area (Å²) in [4.78, 5) is 39.1. The lowest BCUT2D eigenvalue weighted by molar-refractivity contribution is -0.120. The van der Waals surface area contributed by atoms with Crippen molar-refractivity contribution in [1.29, 1.82) is 0 Å². The van der Waals surface area contributed by atoms with Crippen LogP contribution in [0.5, 0.6) is 5.75 Å². The molecule has 1 atom stereocenters. The monoisotopic (exact) mass is 812 g/mol. The van der Waals surface area contributed by atoms with Crippen molar-refractivity contribution in [1.82, 2.24) is 29.3 Å². The predicted octanol–water partition coefficient (Wildman–Crippen LogP) is 9.66. The van der Waals surface area contributed by atoms with Gasteiger partial charge >= 0.3 is 0 Å². The van der Waals surface area contributed by atoms with Crippen molar-refractivity contribution in [2.45, 2.75) is 84.2 Å². The summed E-state index contributed by atoms with van der Waals surface area (Å²) in [5, 5.41) is 3.94. The van der Waals surface area contributed by atoms with Crippen LogP contribution in [0, 0.1) is 5.92 Å². The molecule has 0 radical (unpaired) electrons. The van der Waals surface area contributed by atoms with E-state index in [9.17, 15) is 9.59 Å². The number of halogens is 2. The molecule has 4 aromatic carbocycles. The Kier molecular flexibility index (Phi) is 10.8. The summed E-state index contributed by atoms with van der Waals surface area (Å²) in [6.07, 6.45) is 10.6. The van der Waals surface area contributed by atoms with Gasteiger partial charge in [-0.1, -0.05) is 65.7 Å². The van der Waals surface area contributed by atoms with E-state index in [0.29, 0.717) is 40.4 Å². The number of carbonyl (C=O) groups is 2. The molecule has 2 aromatic heterocycles. The third kappa shape index (κ3) is 8.57. The van der Waals surface area contributed by atoms with Crippen LogP contribution in [0.2, 0.25) is 10.0 Å². The number of imidazole rings is 2. The van der Waals surface area contributed by atoms with Crippen molar-refractivity contribution in [3.63, 3.8) is 0 Å². The van der Waals surface area contributed by atoms with Crippen LogP contribution in [0.25, 0.3) is 22.5 Å². The van der Waals surface area contributed by atoms with E-state index in [-0.39, 0.29) is 24.3 Å². The number of aryl methyl sites for hydroxylation is 4. The average molecular weight is 814 g/mol. The van der Waals surface area contributed by atoms with Gasteiger partial charge in [-0.25, -0.2) is 9.97 Å². The maximum absolute atomic E-state index is 14.3. The molecule has 1 fully saturated rings. The summed E-state index contributed by atoms with van der Waals surface area (Å²) in [6, 6.07) is 27.4. The second kappa shape index (κ2) is 16.5. The van der Waals surface area contributed by atoms with E-state index in [1.807, 2.05) is 48.2 Å². The quantitative estimate of drug-likeness (QED) is 0.118. The standard InChI is InChI=1S/C47H46Cl2N6O3/c1-30(38-16-14-33(21-39(38)43-29-54-19-5-11-45(54)52-43)25-50-46(56)23-32-15-17-40(48)41(49)22-32)58-37-9-3-8-36(24-37)47(57)55(26-31-12-13-31)27-34-6-2-7-35(20-34)42-28-53-18-4-10-44(53)51-42/h2-3,6-9,14-17,20-22,24,28-31H,4-5,10-13,18-19,23,25-27H2,1H3,(H,50,56). The molecule has 1 saturated carbocycles. The first-order valence-corrected chi connectivity index (χ1v) is 21.1. The molecule has 0 spiro atoms. The van der Waals surface area contributed by atoms with E-state index in [1.54, 1.807) is 12.1 Å². The molecule has 1 N–H and O–H groups in total. The number of benzene rings is 4. The second-order valence-electron chi connectivity index (χ2n) is 15.9. The Morgan fingerprint density at radius 3 is 2.33 bits per heavy atom. The smallest absolute Gasteiger partial charge is 0.254 e. The highest BCUT2D eigenvalue weighted by atomic mass is 35.5. The molecule has 9 rings (SSSR count). The van der Waals surface area contributed by atoms with Gasteiger partial charge in [-0.3, -0.25) is 9.59 Å². The van der Waals surface area contributed by atoms with E-state index in [2.05, 4.69) is 63.2 Å². The van der Waals surface area contributed by atoms with E-state index < -0.39 is 0 Å². The number of nitrogens with one attached hydrogen (secondary N) is 1. The lowest BCUT2D eigenvalue weighted by Gasteiger charge is -2.24. The van der Waals surface area contributed by atoms with Crippen LogP contribution in [0.3, 0.4) is 0 Å². The molecule has 6 aromatic rings. The van der Waals surface area contributed by atoms with Gasteiger partial charge in [0.1, 0.15) is 23.5 Å². The van der Waals surface area contributed by atoms with Gasteiger partial charge in [0.2, 0.25) is 5.91 Å². The maximum atomic E-state index is 14.3. The summed E-state index contributed by atoms with van der Waals surface area (Å²) in [5.74, 6) is 3.26. The molecule has 4 heterocycles. The Morgan fingerprint density at radius 2 is 1.57 bits per heavy atom. The molecule has 0 bridgehead atoms. The first-order valence-electron chi connectivity index (χ1n) is 20.3. The van der Waals surface area contributed by atoms with Gasteiger partial charge < -0.3 is 24.1 Å². The van der Waals surface area contributed by atoms with Crippen LogP contribution in [0.15, 0.2) is 97.3 Å². The predicted molar refractivity (Wildman–Crippen MR) is 227 cm³/mol. The number of rotatable bonds is 14. The Labute approximate surface area is 349 Å². The van der Waals surface area contributed by atoms with Crippen LogP contribution in [-0.2, 0) is 50.2 Å². The highest BCUT2D eigenvalue weighted by Gasteiger charge is 2.28. The van der Waals surface area contributed by atoms with Gasteiger partial charge in [-0.15, -0.1) is 0 Å². The Bertz CT molecular complexity index is 2460. The van der Waals surface area contributed by atoms with Gasteiger partial charge in [-0.05, 0) is 97.7 Å². The molecule has 11 heteroatoms. The molecule has 58 heavy (non-hydrogen) atoms. The zero-order chi connectivity index (χ0) is 39.8. The minimum atomic E-state index is -0.357. The molecule has 1 aliphatic carbocycles. The molecule has 3 aliphatic rings. The maximum Gasteiger partial charge on any atom is 0.254 e. The fourth-order valence-corrected chi connectivity index (χ4v) is 8.52. The van der Waals surface area contributed by atoms with Crippen molar-refractivity contribution in [2.24, 2.45) is 5.92 Å². The summed E-state index contributed by atoms with van der Waals surface area (Å²) in [6.45, 7) is 5.61. The Balaban J connectivity index is 0.914. The van der Waals surface area contributed by atoms with Crippen molar-refractivity contribution < 1.29 is 14.3 Å². The summed E-state index contributed by atoms with van der Waals surface area (Å²) < 4.78 is 11.1. The first kappa shape index (κ1) is 38.2. The van der Waals surface area contributed by atoms with E-state index in [4.69, 9.17) is 37.9 Å². The second-order valence-corrected chi connectivity index (χ2v) is 16.7. The number of ether oxygens (including phenoxy) is 1. The van der Waals surface area contributed by atoms with Gasteiger partial charge in [0.05, 0.1) is 27.9 Å². The number of hydrogen-bond acceptors (Lipinski definition) is 5. The SMILES string of the molecule is CC(Oc1cccc(C(=O)N(Cc2cccc(-c3cn4c(n3)CCC4)c2)CC2CC2)c1)c1ccc(CNC(=O)Cc2ccc(Cl)c(Cl)c2)cc1-c1cn2c(n1)CCC2. The molecule has 9 nitrogen and oxygen atoms in total. The lowest BCUT2D eigenvalue weighted by Crippen LogP contribution is -2.32. The Hall–Kier alpha value is -5.38. The molecule has 1 unspecified atom stereocenters. The number of hydrogen-bond donors (Lipinski definition) is 1. The van der Waals surface area contributed by atoms with Crippen molar-refractivity contribution in [2.75, 3.05) is 6.54 Å². The van der Waals surface area contributed by atoms with Crippen LogP contribution in [-0.4, -0.2) is 42.4 Å². The number of fused-ring (bicyclic) bond motifs is 2. The number of nitrogens with zero attached hydrogens (tertiary/aromatic N) is 5. The number of amides is 2. The molecule has 0 saturated heterocycles. The fourth-order valence-electron chi connectivity index (χ4n) is 8.20. The highest BCUT2D eigenvalue weighted by Crippen LogP contribution is 2.35. The van der Waals surface area contributed by atoms with Crippen LogP contribution < -0.4 is 10.1 Å². The van der Waals surface area contributed by atoms with Crippen LogP contribution in [0.1, 0.15) is 83.0 Å². The third-order valence-electron chi connectivity index (χ3n) is 11.4. The molecular weight excluding hydrogens is 767 g/mol. The zero-order valence-electron chi connectivity index (χ0n) is 32.6. The minimum Gasteiger partial charge on any atom is -0.486 e. The summed E-state index contributed by atoms with van der Waals surface area (Å²) >= 11 is 12.2. The van der Waals surface area contributed by atoms with E-state index >= 15 is 0 Å². The zero-order valence-corrected chi connectivity index (χ0v) is 34.1. The van der Waals surface area contributed by atoms with Crippen molar-refractivity contribution in [3.05, 3.63) is 147 Å². The van der Waals surface area contributed by atoms with E-state index in [1.165, 1.54) is 0 Å². The molecule has 2 amide bonds. The van der Waals surface area contributed by atoms with Crippen molar-refractivity contribution >= 4 is 35.0 Å².